The molecule has 1 aromatic carbocycles. The Balaban J connectivity index is 1.45. The van der Waals surface area contributed by atoms with Crippen LogP contribution >= 0.6 is 0 Å². The third-order valence-corrected chi connectivity index (χ3v) is 4.03. The molecule has 0 spiro atoms. The van der Waals surface area contributed by atoms with Crippen molar-refractivity contribution < 1.29 is 14.0 Å². The molecule has 3 aromatic heterocycles. The fourth-order valence-corrected chi connectivity index (χ4v) is 2.77. The summed E-state index contributed by atoms with van der Waals surface area (Å²) in [6.45, 7) is 0.184. The number of hydrogen-bond acceptors (Lipinski definition) is 6. The minimum atomic E-state index is -0.418. The molecule has 0 saturated heterocycles. The van der Waals surface area contributed by atoms with Crippen LogP contribution in [-0.2, 0) is 24.9 Å². The first kappa shape index (κ1) is 17.5. The lowest BCUT2D eigenvalue weighted by Crippen LogP contribution is -2.26. The van der Waals surface area contributed by atoms with Gasteiger partial charge in [-0.1, -0.05) is 17.3 Å². The normalized spacial score (nSPS) is 10.9. The van der Waals surface area contributed by atoms with E-state index in [9.17, 15) is 9.59 Å². The number of anilines is 1. The van der Waals surface area contributed by atoms with Crippen LogP contribution in [0.2, 0.25) is 0 Å². The fraction of sp³-hybridized carbons (Fsp3) is 0.167. The molecular formula is C18H17N7O3. The van der Waals surface area contributed by atoms with E-state index < -0.39 is 5.91 Å². The number of hydrogen-bond donors (Lipinski definition) is 2. The number of fused-ring (bicyclic) bond motifs is 1. The van der Waals surface area contributed by atoms with Crippen molar-refractivity contribution >= 4 is 28.5 Å². The number of rotatable bonds is 6. The first-order chi connectivity index (χ1) is 13.6. The molecule has 0 unspecified atom stereocenters. The van der Waals surface area contributed by atoms with Crippen LogP contribution in [0, 0.1) is 0 Å². The van der Waals surface area contributed by atoms with E-state index >= 15 is 0 Å². The average Bonchev–Trinajstić information content (AvgIpc) is 3.41. The summed E-state index contributed by atoms with van der Waals surface area (Å²) in [7, 11) is 1.67. The highest BCUT2D eigenvalue weighted by molar-refractivity contribution is 6.02. The molecule has 2 N–H and O–H groups in total. The molecule has 28 heavy (non-hydrogen) atoms. The van der Waals surface area contributed by atoms with Crippen LogP contribution in [0.1, 0.15) is 16.2 Å². The molecule has 0 saturated carbocycles. The molecule has 0 atom stereocenters. The van der Waals surface area contributed by atoms with Gasteiger partial charge in [-0.25, -0.2) is 4.68 Å². The minimum absolute atomic E-state index is 0.0388. The maximum Gasteiger partial charge on any atom is 0.274 e. The molecule has 0 bridgehead atoms. The highest BCUT2D eigenvalue weighted by atomic mass is 16.3. The highest BCUT2D eigenvalue weighted by Crippen LogP contribution is 2.15. The Morgan fingerprint density at radius 3 is 2.86 bits per heavy atom. The Morgan fingerprint density at radius 1 is 1.18 bits per heavy atom. The second-order valence-corrected chi connectivity index (χ2v) is 6.11. The monoisotopic (exact) mass is 379 g/mol. The predicted molar refractivity (Wildman–Crippen MR) is 99.2 cm³/mol. The van der Waals surface area contributed by atoms with Crippen molar-refractivity contribution in [2.45, 2.75) is 13.1 Å². The van der Waals surface area contributed by atoms with Gasteiger partial charge in [-0.2, -0.15) is 5.10 Å². The third-order valence-electron chi connectivity index (χ3n) is 4.03. The quantitative estimate of drug-likeness (QED) is 0.521. The van der Waals surface area contributed by atoms with Crippen molar-refractivity contribution in [2.75, 3.05) is 5.32 Å². The SMILES string of the molecule is Cn1cc(NC(=O)Cn2nnc3ccccc32)c(C(=O)NCc2ccco2)n1. The van der Waals surface area contributed by atoms with Gasteiger partial charge in [-0.05, 0) is 24.3 Å². The number of aromatic nitrogens is 5. The number of carbonyl (C=O) groups is 2. The summed E-state index contributed by atoms with van der Waals surface area (Å²) < 4.78 is 8.15. The predicted octanol–water partition coefficient (Wildman–Crippen LogP) is 1.33. The first-order valence-electron chi connectivity index (χ1n) is 8.52. The van der Waals surface area contributed by atoms with Crippen molar-refractivity contribution in [1.82, 2.24) is 30.1 Å². The zero-order chi connectivity index (χ0) is 19.5. The van der Waals surface area contributed by atoms with E-state index in [1.54, 1.807) is 25.4 Å². The number of amides is 2. The summed E-state index contributed by atoms with van der Waals surface area (Å²) in [5.74, 6) is -0.143. The van der Waals surface area contributed by atoms with Gasteiger partial charge in [0.25, 0.3) is 5.91 Å². The zero-order valence-corrected chi connectivity index (χ0v) is 15.0. The molecule has 0 fully saturated rings. The lowest BCUT2D eigenvalue weighted by Gasteiger charge is -2.06. The van der Waals surface area contributed by atoms with Gasteiger partial charge in [0.15, 0.2) is 5.69 Å². The van der Waals surface area contributed by atoms with Gasteiger partial charge < -0.3 is 15.1 Å². The van der Waals surface area contributed by atoms with Crippen LogP contribution in [0.5, 0.6) is 0 Å². The summed E-state index contributed by atoms with van der Waals surface area (Å²) in [6.07, 6.45) is 3.10. The summed E-state index contributed by atoms with van der Waals surface area (Å²) >= 11 is 0. The van der Waals surface area contributed by atoms with Crippen molar-refractivity contribution in [3.63, 3.8) is 0 Å². The number of carbonyl (C=O) groups excluding carboxylic acids is 2. The van der Waals surface area contributed by atoms with Gasteiger partial charge in [0.2, 0.25) is 5.91 Å². The van der Waals surface area contributed by atoms with Crippen molar-refractivity contribution in [3.8, 4) is 0 Å². The van der Waals surface area contributed by atoms with Gasteiger partial charge in [-0.3, -0.25) is 14.3 Å². The van der Waals surface area contributed by atoms with Gasteiger partial charge in [-0.15, -0.1) is 5.10 Å². The van der Waals surface area contributed by atoms with Gasteiger partial charge in [0.1, 0.15) is 17.8 Å². The second-order valence-electron chi connectivity index (χ2n) is 6.11. The lowest BCUT2D eigenvalue weighted by molar-refractivity contribution is -0.116. The van der Waals surface area contributed by atoms with Crippen LogP contribution in [0.25, 0.3) is 11.0 Å². The molecular weight excluding hydrogens is 362 g/mol. The summed E-state index contributed by atoms with van der Waals surface area (Å²) in [5.41, 5.74) is 1.88. The lowest BCUT2D eigenvalue weighted by atomic mass is 10.3. The maximum atomic E-state index is 12.5. The summed E-state index contributed by atoms with van der Waals surface area (Å²) in [5, 5.41) is 17.6. The number of para-hydroxylation sites is 1. The standard InChI is InChI=1S/C18H17N7O3/c1-24-10-14(17(22-24)18(27)19-9-12-5-4-8-28-12)20-16(26)11-25-15-7-3-2-6-13(15)21-23-25/h2-8,10H,9,11H2,1H3,(H,19,27)(H,20,26). The molecule has 142 valence electrons. The topological polar surface area (TPSA) is 120 Å². The molecule has 3 heterocycles. The molecule has 0 aliphatic carbocycles. The molecule has 4 aromatic rings. The summed E-state index contributed by atoms with van der Waals surface area (Å²) in [6, 6.07) is 10.8. The number of nitrogens with zero attached hydrogens (tertiary/aromatic N) is 5. The fourth-order valence-electron chi connectivity index (χ4n) is 2.77. The largest absolute Gasteiger partial charge is 0.467 e. The highest BCUT2D eigenvalue weighted by Gasteiger charge is 2.19. The minimum Gasteiger partial charge on any atom is -0.467 e. The molecule has 0 radical (unpaired) electrons. The zero-order valence-electron chi connectivity index (χ0n) is 15.0. The number of nitrogens with one attached hydrogen (secondary N) is 2. The van der Waals surface area contributed by atoms with Gasteiger partial charge in [0, 0.05) is 13.2 Å². The van der Waals surface area contributed by atoms with E-state index in [0.717, 1.165) is 5.52 Å². The molecule has 0 aliphatic heterocycles. The van der Waals surface area contributed by atoms with Crippen LogP contribution in [0.3, 0.4) is 0 Å². The first-order valence-corrected chi connectivity index (χ1v) is 8.52. The van der Waals surface area contributed by atoms with Gasteiger partial charge >= 0.3 is 0 Å². The van der Waals surface area contributed by atoms with Gasteiger partial charge in [0.05, 0.1) is 24.0 Å². The average molecular weight is 379 g/mol. The van der Waals surface area contributed by atoms with Crippen LogP contribution < -0.4 is 10.6 Å². The van der Waals surface area contributed by atoms with E-state index in [1.807, 2.05) is 24.3 Å². The van der Waals surface area contributed by atoms with E-state index in [0.29, 0.717) is 17.0 Å². The third kappa shape index (κ3) is 3.61. The van der Waals surface area contributed by atoms with Crippen LogP contribution in [0.15, 0.2) is 53.3 Å². The molecule has 4 rings (SSSR count). The van der Waals surface area contributed by atoms with E-state index in [1.165, 1.54) is 15.6 Å². The van der Waals surface area contributed by atoms with Crippen molar-refractivity contribution in [3.05, 3.63) is 60.3 Å². The van der Waals surface area contributed by atoms with E-state index in [-0.39, 0.29) is 24.7 Å². The Hall–Kier alpha value is -3.95. The Morgan fingerprint density at radius 2 is 2.04 bits per heavy atom. The van der Waals surface area contributed by atoms with E-state index in [4.69, 9.17) is 4.42 Å². The molecule has 2 amide bonds. The Bertz CT molecular complexity index is 1130. The molecule has 0 aliphatic rings. The van der Waals surface area contributed by atoms with Crippen molar-refractivity contribution in [2.24, 2.45) is 7.05 Å². The molecule has 10 nitrogen and oxygen atoms in total. The smallest absolute Gasteiger partial charge is 0.274 e. The van der Waals surface area contributed by atoms with E-state index in [2.05, 4.69) is 26.0 Å². The Kier molecular flexibility index (Phi) is 4.58. The van der Waals surface area contributed by atoms with Crippen molar-refractivity contribution in [1.29, 1.82) is 0 Å². The molecule has 10 heteroatoms. The Labute approximate surface area is 159 Å². The maximum absolute atomic E-state index is 12.5. The number of benzene rings is 1. The number of aryl methyl sites for hydroxylation is 1. The second kappa shape index (κ2) is 7.35. The summed E-state index contributed by atoms with van der Waals surface area (Å²) in [4.78, 5) is 24.9. The number of furan rings is 1. The van der Waals surface area contributed by atoms with Crippen LogP contribution in [0.4, 0.5) is 5.69 Å². The van der Waals surface area contributed by atoms with Crippen LogP contribution in [-0.4, -0.2) is 36.6 Å².